The SMILES string of the molecule is O=C(Nc1ccccc1)NC(Cc1ccccc1)(c1cccc(C(F)(F)F)c1)c1ccc(Br)cn1. The molecule has 1 atom stereocenters. The van der Waals surface area contributed by atoms with Gasteiger partial charge < -0.3 is 10.6 Å². The van der Waals surface area contributed by atoms with Crippen molar-refractivity contribution in [2.24, 2.45) is 0 Å². The molecule has 8 heteroatoms. The number of urea groups is 1. The third kappa shape index (κ3) is 5.89. The number of nitrogens with zero attached hydrogens (tertiary/aromatic N) is 1. The molecule has 2 amide bonds. The van der Waals surface area contributed by atoms with Crippen LogP contribution in [0.2, 0.25) is 0 Å². The molecule has 0 fully saturated rings. The molecule has 3 aromatic carbocycles. The normalized spacial score (nSPS) is 13.0. The van der Waals surface area contributed by atoms with Crippen molar-refractivity contribution in [3.8, 4) is 0 Å². The Labute approximate surface area is 209 Å². The van der Waals surface area contributed by atoms with Gasteiger partial charge in [-0.3, -0.25) is 4.98 Å². The highest BCUT2D eigenvalue weighted by atomic mass is 79.9. The molecule has 0 radical (unpaired) electrons. The number of amides is 2. The third-order valence-corrected chi connectivity index (χ3v) is 5.99. The summed E-state index contributed by atoms with van der Waals surface area (Å²) in [5, 5.41) is 5.73. The fourth-order valence-corrected chi connectivity index (χ4v) is 4.12. The number of anilines is 1. The molecule has 0 aliphatic rings. The molecular formula is C27H21BrF3N3O. The molecular weight excluding hydrogens is 519 g/mol. The number of pyridine rings is 1. The van der Waals surface area contributed by atoms with Crippen LogP contribution in [-0.2, 0) is 18.1 Å². The highest BCUT2D eigenvalue weighted by molar-refractivity contribution is 9.10. The van der Waals surface area contributed by atoms with Crippen molar-refractivity contribution in [2.45, 2.75) is 18.1 Å². The zero-order valence-corrected chi connectivity index (χ0v) is 20.0. The summed E-state index contributed by atoms with van der Waals surface area (Å²) < 4.78 is 41.7. The van der Waals surface area contributed by atoms with Gasteiger partial charge in [-0.2, -0.15) is 13.2 Å². The minimum Gasteiger partial charge on any atom is -0.322 e. The van der Waals surface area contributed by atoms with E-state index in [0.717, 1.165) is 17.7 Å². The molecule has 0 aliphatic carbocycles. The van der Waals surface area contributed by atoms with Crippen molar-refractivity contribution >= 4 is 27.6 Å². The maximum Gasteiger partial charge on any atom is 0.416 e. The van der Waals surface area contributed by atoms with Crippen LogP contribution in [0.1, 0.15) is 22.4 Å². The van der Waals surface area contributed by atoms with Crippen molar-refractivity contribution < 1.29 is 18.0 Å². The predicted octanol–water partition coefficient (Wildman–Crippen LogP) is 7.17. The Hall–Kier alpha value is -3.65. The van der Waals surface area contributed by atoms with Crippen LogP contribution in [0.15, 0.2) is 108 Å². The van der Waals surface area contributed by atoms with Gasteiger partial charge in [-0.15, -0.1) is 0 Å². The number of aromatic nitrogens is 1. The summed E-state index contributed by atoms with van der Waals surface area (Å²) in [7, 11) is 0. The van der Waals surface area contributed by atoms with Gasteiger partial charge in [0.15, 0.2) is 0 Å². The van der Waals surface area contributed by atoms with Gasteiger partial charge in [-0.05, 0) is 63.5 Å². The molecule has 0 bridgehead atoms. The summed E-state index contributed by atoms with van der Waals surface area (Å²) in [6.07, 6.45) is -2.82. The minimum atomic E-state index is -4.55. The molecule has 1 heterocycles. The molecule has 4 aromatic rings. The smallest absolute Gasteiger partial charge is 0.322 e. The van der Waals surface area contributed by atoms with Crippen LogP contribution in [0, 0.1) is 0 Å². The summed E-state index contributed by atoms with van der Waals surface area (Å²) >= 11 is 3.36. The standard InChI is InChI=1S/C27H21BrF3N3O/c28-22-14-15-24(32-18-22)26(17-19-8-3-1-4-9-19,20-10-7-11-21(16-20)27(29,30)31)34-25(35)33-23-12-5-2-6-13-23/h1-16,18H,17H2,(H2,33,34,35). The summed E-state index contributed by atoms with van der Waals surface area (Å²) in [6, 6.07) is 25.9. The first-order chi connectivity index (χ1) is 16.8. The fourth-order valence-electron chi connectivity index (χ4n) is 3.89. The topological polar surface area (TPSA) is 54.0 Å². The third-order valence-electron chi connectivity index (χ3n) is 5.52. The van der Waals surface area contributed by atoms with Crippen molar-refractivity contribution in [3.63, 3.8) is 0 Å². The number of alkyl halides is 3. The van der Waals surface area contributed by atoms with Gasteiger partial charge in [0, 0.05) is 22.8 Å². The lowest BCUT2D eigenvalue weighted by Crippen LogP contribution is -2.50. The second-order valence-corrected chi connectivity index (χ2v) is 8.87. The summed E-state index contributed by atoms with van der Waals surface area (Å²) in [6.45, 7) is 0. The Kier molecular flexibility index (Phi) is 7.21. The van der Waals surface area contributed by atoms with Gasteiger partial charge >= 0.3 is 12.2 Å². The largest absolute Gasteiger partial charge is 0.416 e. The number of nitrogens with one attached hydrogen (secondary N) is 2. The molecule has 4 rings (SSSR count). The van der Waals surface area contributed by atoms with Crippen molar-refractivity contribution in [3.05, 3.63) is 130 Å². The number of hydrogen-bond donors (Lipinski definition) is 2. The number of carbonyl (C=O) groups excluding carboxylic acids is 1. The molecule has 2 N–H and O–H groups in total. The second-order valence-electron chi connectivity index (χ2n) is 7.95. The predicted molar refractivity (Wildman–Crippen MR) is 133 cm³/mol. The van der Waals surface area contributed by atoms with E-state index >= 15 is 0 Å². The Bertz CT molecular complexity index is 1280. The Morgan fingerprint density at radius 1 is 0.829 bits per heavy atom. The lowest BCUT2D eigenvalue weighted by atomic mass is 9.80. The number of hydrogen-bond acceptors (Lipinski definition) is 2. The van der Waals surface area contributed by atoms with Gasteiger partial charge in [0.1, 0.15) is 5.54 Å². The van der Waals surface area contributed by atoms with E-state index in [4.69, 9.17) is 0 Å². The van der Waals surface area contributed by atoms with E-state index in [1.807, 2.05) is 36.4 Å². The molecule has 0 saturated heterocycles. The molecule has 0 saturated carbocycles. The zero-order valence-electron chi connectivity index (χ0n) is 18.4. The number of carbonyl (C=O) groups is 1. The maximum absolute atomic E-state index is 13.7. The molecule has 0 aliphatic heterocycles. The van der Waals surface area contributed by atoms with Gasteiger partial charge in [0.2, 0.25) is 0 Å². The number of para-hydroxylation sites is 1. The van der Waals surface area contributed by atoms with E-state index in [1.165, 1.54) is 6.07 Å². The van der Waals surface area contributed by atoms with Crippen LogP contribution in [0.25, 0.3) is 0 Å². The molecule has 0 spiro atoms. The van der Waals surface area contributed by atoms with E-state index in [2.05, 4.69) is 31.5 Å². The van der Waals surface area contributed by atoms with Crippen LogP contribution in [0.3, 0.4) is 0 Å². The van der Waals surface area contributed by atoms with Crippen LogP contribution >= 0.6 is 15.9 Å². The van der Waals surface area contributed by atoms with Crippen LogP contribution in [0.5, 0.6) is 0 Å². The van der Waals surface area contributed by atoms with Gasteiger partial charge in [-0.25, -0.2) is 4.79 Å². The lowest BCUT2D eigenvalue weighted by molar-refractivity contribution is -0.137. The van der Waals surface area contributed by atoms with Gasteiger partial charge in [0.05, 0.1) is 11.3 Å². The first-order valence-corrected chi connectivity index (χ1v) is 11.5. The Balaban J connectivity index is 1.88. The van der Waals surface area contributed by atoms with Crippen LogP contribution in [-0.4, -0.2) is 11.0 Å². The highest BCUT2D eigenvalue weighted by Gasteiger charge is 2.40. The Morgan fingerprint density at radius 2 is 1.49 bits per heavy atom. The highest BCUT2D eigenvalue weighted by Crippen LogP contribution is 2.37. The zero-order chi connectivity index (χ0) is 24.9. The maximum atomic E-state index is 13.7. The minimum absolute atomic E-state index is 0.173. The van der Waals surface area contributed by atoms with Crippen molar-refractivity contribution in [1.29, 1.82) is 0 Å². The van der Waals surface area contributed by atoms with E-state index in [1.54, 1.807) is 48.7 Å². The molecule has 4 nitrogen and oxygen atoms in total. The number of benzene rings is 3. The van der Waals surface area contributed by atoms with Crippen LogP contribution in [0.4, 0.5) is 23.7 Å². The van der Waals surface area contributed by atoms with Crippen molar-refractivity contribution in [2.75, 3.05) is 5.32 Å². The number of halogens is 4. The average molecular weight is 540 g/mol. The quantitative estimate of drug-likeness (QED) is 0.273. The summed E-state index contributed by atoms with van der Waals surface area (Å²) in [5.74, 6) is 0. The molecule has 1 unspecified atom stereocenters. The van der Waals surface area contributed by atoms with Gasteiger partial charge in [-0.1, -0.05) is 60.7 Å². The molecule has 178 valence electrons. The first kappa shape index (κ1) is 24.5. The average Bonchev–Trinajstić information content (AvgIpc) is 2.85. The monoisotopic (exact) mass is 539 g/mol. The second kappa shape index (κ2) is 10.3. The van der Waals surface area contributed by atoms with Gasteiger partial charge in [0.25, 0.3) is 0 Å². The summed E-state index contributed by atoms with van der Waals surface area (Å²) in [4.78, 5) is 17.7. The number of rotatable bonds is 6. The van der Waals surface area contributed by atoms with E-state index < -0.39 is 23.3 Å². The van der Waals surface area contributed by atoms with E-state index in [-0.39, 0.29) is 12.0 Å². The first-order valence-electron chi connectivity index (χ1n) is 10.7. The Morgan fingerprint density at radius 3 is 2.11 bits per heavy atom. The van der Waals surface area contributed by atoms with Crippen molar-refractivity contribution in [1.82, 2.24) is 10.3 Å². The summed E-state index contributed by atoms with van der Waals surface area (Å²) in [5.41, 5.74) is -0.195. The molecule has 35 heavy (non-hydrogen) atoms. The lowest BCUT2D eigenvalue weighted by Gasteiger charge is -2.36. The fraction of sp³-hybridized carbons (Fsp3) is 0.111. The van der Waals surface area contributed by atoms with E-state index in [0.29, 0.717) is 15.9 Å². The van der Waals surface area contributed by atoms with E-state index in [9.17, 15) is 18.0 Å². The molecule has 1 aromatic heterocycles. The van der Waals surface area contributed by atoms with Crippen LogP contribution < -0.4 is 10.6 Å².